The Labute approximate surface area is 132 Å². The molecule has 0 aliphatic heterocycles. The third-order valence-corrected chi connectivity index (χ3v) is 3.18. The summed E-state index contributed by atoms with van der Waals surface area (Å²) in [5.74, 6) is -1.67. The molecular weight excluding hydrogens is 306 g/mol. The second-order valence-corrected chi connectivity index (χ2v) is 5.04. The number of aliphatic hydroxyl groups excluding tert-OH is 4. The summed E-state index contributed by atoms with van der Waals surface area (Å²) in [6, 6.07) is 2.69. The SMILES string of the molecule is NC(=O)c1cc(NCC(O)CO)cc(C(N)=O)c1CC(O)CO. The Kier molecular flexibility index (Phi) is 6.91. The number of hydrogen-bond donors (Lipinski definition) is 7. The first kappa shape index (κ1) is 18.8. The van der Waals surface area contributed by atoms with E-state index in [0.29, 0.717) is 5.69 Å². The van der Waals surface area contributed by atoms with Gasteiger partial charge in [0.25, 0.3) is 0 Å². The van der Waals surface area contributed by atoms with Crippen molar-refractivity contribution in [1.82, 2.24) is 0 Å². The van der Waals surface area contributed by atoms with Crippen molar-refractivity contribution in [3.63, 3.8) is 0 Å². The first-order valence-electron chi connectivity index (χ1n) is 6.88. The Morgan fingerprint density at radius 2 is 1.48 bits per heavy atom. The lowest BCUT2D eigenvalue weighted by Crippen LogP contribution is -2.26. The average molecular weight is 327 g/mol. The average Bonchev–Trinajstić information content (AvgIpc) is 2.52. The van der Waals surface area contributed by atoms with E-state index in [4.69, 9.17) is 21.7 Å². The highest BCUT2D eigenvalue weighted by Gasteiger charge is 2.20. The third kappa shape index (κ3) is 5.18. The topological polar surface area (TPSA) is 179 Å². The van der Waals surface area contributed by atoms with Crippen LogP contribution in [-0.2, 0) is 6.42 Å². The molecule has 2 atom stereocenters. The number of amides is 2. The number of carbonyl (C=O) groups is 2. The number of nitrogens with one attached hydrogen (secondary N) is 1. The molecule has 0 fully saturated rings. The molecule has 0 heterocycles. The van der Waals surface area contributed by atoms with Crippen LogP contribution in [0.25, 0.3) is 0 Å². The molecule has 0 spiro atoms. The normalized spacial score (nSPS) is 13.4. The van der Waals surface area contributed by atoms with Crippen molar-refractivity contribution in [3.8, 4) is 0 Å². The van der Waals surface area contributed by atoms with E-state index in [0.717, 1.165) is 0 Å². The summed E-state index contributed by atoms with van der Waals surface area (Å²) in [6.45, 7) is -1.04. The van der Waals surface area contributed by atoms with Crippen LogP contribution < -0.4 is 16.8 Å². The number of primary amides is 2. The first-order chi connectivity index (χ1) is 10.8. The van der Waals surface area contributed by atoms with Gasteiger partial charge >= 0.3 is 0 Å². The zero-order valence-corrected chi connectivity index (χ0v) is 12.4. The molecule has 2 amide bonds. The predicted octanol–water partition coefficient (Wildman–Crippen LogP) is -2.45. The van der Waals surface area contributed by atoms with Crippen molar-refractivity contribution in [3.05, 3.63) is 28.8 Å². The minimum atomic E-state index is -1.18. The molecular formula is C14H21N3O6. The van der Waals surface area contributed by atoms with Crippen LogP contribution in [0.1, 0.15) is 26.3 Å². The molecule has 0 aromatic heterocycles. The molecule has 1 aromatic rings. The Balaban J connectivity index is 3.28. The second-order valence-electron chi connectivity index (χ2n) is 5.04. The molecule has 23 heavy (non-hydrogen) atoms. The van der Waals surface area contributed by atoms with E-state index in [-0.39, 0.29) is 29.7 Å². The van der Waals surface area contributed by atoms with E-state index in [1.54, 1.807) is 0 Å². The number of benzene rings is 1. The maximum absolute atomic E-state index is 11.6. The molecule has 0 bridgehead atoms. The van der Waals surface area contributed by atoms with Crippen LogP contribution in [0.2, 0.25) is 0 Å². The van der Waals surface area contributed by atoms with Gasteiger partial charge in [0.2, 0.25) is 11.8 Å². The number of rotatable bonds is 9. The largest absolute Gasteiger partial charge is 0.394 e. The van der Waals surface area contributed by atoms with Crippen molar-refractivity contribution in [1.29, 1.82) is 0 Å². The van der Waals surface area contributed by atoms with Gasteiger partial charge in [-0.15, -0.1) is 0 Å². The summed E-state index contributed by atoms with van der Waals surface area (Å²) in [5, 5.41) is 39.4. The Morgan fingerprint density at radius 1 is 1.00 bits per heavy atom. The summed E-state index contributed by atoms with van der Waals surface area (Å²) in [5.41, 5.74) is 11.0. The van der Waals surface area contributed by atoms with Gasteiger partial charge in [0.05, 0.1) is 25.4 Å². The van der Waals surface area contributed by atoms with Gasteiger partial charge in [-0.1, -0.05) is 0 Å². The smallest absolute Gasteiger partial charge is 0.249 e. The highest BCUT2D eigenvalue weighted by Crippen LogP contribution is 2.23. The molecule has 1 rings (SSSR count). The first-order valence-corrected chi connectivity index (χ1v) is 6.88. The molecule has 1 aromatic carbocycles. The Hall–Kier alpha value is -2.20. The van der Waals surface area contributed by atoms with E-state index in [1.807, 2.05) is 0 Å². The maximum Gasteiger partial charge on any atom is 0.249 e. The molecule has 9 N–H and O–H groups in total. The van der Waals surface area contributed by atoms with Crippen LogP contribution >= 0.6 is 0 Å². The molecule has 0 saturated heterocycles. The number of carbonyl (C=O) groups excluding carboxylic acids is 2. The van der Waals surface area contributed by atoms with E-state index in [9.17, 15) is 19.8 Å². The van der Waals surface area contributed by atoms with Crippen molar-refractivity contribution in [2.75, 3.05) is 25.1 Å². The van der Waals surface area contributed by atoms with E-state index < -0.39 is 37.2 Å². The molecule has 0 radical (unpaired) electrons. The second kappa shape index (κ2) is 8.44. The third-order valence-electron chi connectivity index (χ3n) is 3.18. The Bertz CT molecular complexity index is 543. The molecule has 2 unspecified atom stereocenters. The maximum atomic E-state index is 11.6. The lowest BCUT2D eigenvalue weighted by molar-refractivity contribution is 0.0929. The quantitative estimate of drug-likeness (QED) is 0.263. The zero-order valence-electron chi connectivity index (χ0n) is 12.4. The van der Waals surface area contributed by atoms with Crippen molar-refractivity contribution in [2.24, 2.45) is 11.5 Å². The highest BCUT2D eigenvalue weighted by atomic mass is 16.3. The van der Waals surface area contributed by atoms with Crippen molar-refractivity contribution >= 4 is 17.5 Å². The highest BCUT2D eigenvalue weighted by molar-refractivity contribution is 6.02. The number of anilines is 1. The number of hydrogen-bond acceptors (Lipinski definition) is 7. The lowest BCUT2D eigenvalue weighted by Gasteiger charge is -2.17. The summed E-state index contributed by atoms with van der Waals surface area (Å²) in [4.78, 5) is 23.2. The fourth-order valence-corrected chi connectivity index (χ4v) is 2.03. The van der Waals surface area contributed by atoms with Gasteiger partial charge in [0.15, 0.2) is 0 Å². The van der Waals surface area contributed by atoms with Crippen LogP contribution in [0.3, 0.4) is 0 Å². The molecule has 9 nitrogen and oxygen atoms in total. The standard InChI is InChI=1S/C14H21N3O6/c15-13(22)11-1-7(17-4-9(21)6-19)2-12(14(16)23)10(11)3-8(20)5-18/h1-2,8-9,17-21H,3-6H2,(H2,15,22)(H2,16,23). The summed E-state index contributed by atoms with van der Waals surface area (Å²) < 4.78 is 0. The van der Waals surface area contributed by atoms with Gasteiger partial charge in [-0.3, -0.25) is 9.59 Å². The monoisotopic (exact) mass is 327 g/mol. The summed E-state index contributed by atoms with van der Waals surface area (Å²) in [6.07, 6.45) is -2.38. The van der Waals surface area contributed by atoms with E-state index in [2.05, 4.69) is 5.32 Å². The molecule has 0 aliphatic carbocycles. The van der Waals surface area contributed by atoms with Crippen molar-refractivity contribution < 1.29 is 30.0 Å². The molecule has 128 valence electrons. The van der Waals surface area contributed by atoms with Crippen LogP contribution in [0.15, 0.2) is 12.1 Å². The summed E-state index contributed by atoms with van der Waals surface area (Å²) >= 11 is 0. The van der Waals surface area contributed by atoms with Gasteiger partial charge in [0, 0.05) is 29.8 Å². The minimum absolute atomic E-state index is 0.0223. The van der Waals surface area contributed by atoms with E-state index in [1.165, 1.54) is 12.1 Å². The minimum Gasteiger partial charge on any atom is -0.394 e. The fraction of sp³-hybridized carbons (Fsp3) is 0.429. The summed E-state index contributed by atoms with van der Waals surface area (Å²) in [7, 11) is 0. The fourth-order valence-electron chi connectivity index (χ4n) is 2.03. The Morgan fingerprint density at radius 3 is 1.87 bits per heavy atom. The van der Waals surface area contributed by atoms with Crippen molar-refractivity contribution in [2.45, 2.75) is 18.6 Å². The number of aliphatic hydroxyl groups is 4. The predicted molar refractivity (Wildman–Crippen MR) is 81.9 cm³/mol. The van der Waals surface area contributed by atoms with Crippen LogP contribution in [0, 0.1) is 0 Å². The van der Waals surface area contributed by atoms with Gasteiger partial charge in [-0.2, -0.15) is 0 Å². The molecule has 9 heteroatoms. The molecule has 0 saturated carbocycles. The zero-order chi connectivity index (χ0) is 17.6. The molecule has 0 aliphatic rings. The van der Waals surface area contributed by atoms with Gasteiger partial charge in [0.1, 0.15) is 0 Å². The van der Waals surface area contributed by atoms with Gasteiger partial charge < -0.3 is 37.2 Å². The van der Waals surface area contributed by atoms with Crippen LogP contribution in [-0.4, -0.2) is 64.2 Å². The number of nitrogens with two attached hydrogens (primary N) is 2. The van der Waals surface area contributed by atoms with E-state index >= 15 is 0 Å². The van der Waals surface area contributed by atoms with Gasteiger partial charge in [-0.25, -0.2) is 0 Å². The van der Waals surface area contributed by atoms with Crippen LogP contribution in [0.5, 0.6) is 0 Å². The lowest BCUT2D eigenvalue weighted by atomic mass is 9.94. The van der Waals surface area contributed by atoms with Crippen LogP contribution in [0.4, 0.5) is 5.69 Å². The van der Waals surface area contributed by atoms with Gasteiger partial charge in [-0.05, 0) is 17.7 Å².